The molecule has 0 radical (unpaired) electrons. The Morgan fingerprint density at radius 3 is 1.08 bits per heavy atom. The first kappa shape index (κ1) is 29.6. The number of ether oxygens (including phenoxy) is 4. The van der Waals surface area contributed by atoms with E-state index in [1.807, 2.05) is 24.3 Å². The van der Waals surface area contributed by atoms with Crippen molar-refractivity contribution in [2.45, 2.75) is 48.5 Å². The molecule has 0 saturated heterocycles. The van der Waals surface area contributed by atoms with Crippen molar-refractivity contribution in [2.24, 2.45) is 47.3 Å². The lowest BCUT2D eigenvalue weighted by molar-refractivity contribution is -0.238. The molecule has 2 heterocycles. The van der Waals surface area contributed by atoms with Gasteiger partial charge in [0.15, 0.2) is 11.6 Å². The minimum absolute atomic E-state index is 0.0472. The third-order valence-electron chi connectivity index (χ3n) is 14.0. The van der Waals surface area contributed by atoms with Crippen molar-refractivity contribution in [1.29, 1.82) is 0 Å². The lowest BCUT2D eigenvalue weighted by Crippen LogP contribution is -2.41. The monoisotopic (exact) mass is 668 g/mol. The topological polar surface area (TPSA) is 103 Å². The maximum absolute atomic E-state index is 12.4. The van der Waals surface area contributed by atoms with Gasteiger partial charge in [-0.15, -0.1) is 0 Å². The second-order valence-corrected chi connectivity index (χ2v) is 15.6. The second-order valence-electron chi connectivity index (χ2n) is 15.6. The summed E-state index contributed by atoms with van der Waals surface area (Å²) in [7, 11) is 3.61. The van der Waals surface area contributed by atoms with Crippen LogP contribution in [0, 0.1) is 47.3 Å². The van der Waals surface area contributed by atoms with Crippen molar-refractivity contribution >= 4 is 0 Å². The van der Waals surface area contributed by atoms with E-state index in [2.05, 4.69) is 58.6 Å². The molecule has 10 aliphatic carbocycles. The van der Waals surface area contributed by atoms with Crippen LogP contribution in [0.25, 0.3) is 0 Å². The maximum Gasteiger partial charge on any atom is 0.179 e. The summed E-state index contributed by atoms with van der Waals surface area (Å²) in [5.41, 5.74) is 6.80. The number of hydrogen-bond acceptors (Lipinski definition) is 8. The minimum atomic E-state index is -1.29. The van der Waals surface area contributed by atoms with Crippen LogP contribution in [0.3, 0.4) is 0 Å². The smallest absolute Gasteiger partial charge is 0.179 e. The third kappa shape index (κ3) is 3.51. The van der Waals surface area contributed by atoms with E-state index in [0.29, 0.717) is 13.2 Å². The Morgan fingerprint density at radius 1 is 0.500 bits per heavy atom. The molecule has 8 nitrogen and oxygen atoms in total. The number of aliphatic hydroxyl groups is 2. The van der Waals surface area contributed by atoms with Gasteiger partial charge in [0.1, 0.15) is 11.5 Å². The quantitative estimate of drug-likeness (QED) is 0.226. The molecule has 50 heavy (non-hydrogen) atoms. The third-order valence-corrected chi connectivity index (χ3v) is 14.0. The van der Waals surface area contributed by atoms with E-state index in [0.717, 1.165) is 22.6 Å². The number of benzene rings is 1. The average Bonchev–Trinajstić information content (AvgIpc) is 3.84. The van der Waals surface area contributed by atoms with Crippen LogP contribution in [0.5, 0.6) is 11.5 Å². The van der Waals surface area contributed by atoms with Crippen molar-refractivity contribution in [1.82, 2.24) is 9.97 Å². The van der Waals surface area contributed by atoms with E-state index in [9.17, 15) is 10.2 Å². The van der Waals surface area contributed by atoms with E-state index in [1.165, 1.54) is 22.3 Å². The number of aromatic nitrogens is 2. The highest BCUT2D eigenvalue weighted by Crippen LogP contribution is 2.75. The maximum atomic E-state index is 12.4. The molecule has 2 aromatic heterocycles. The Labute approximate surface area is 291 Å². The van der Waals surface area contributed by atoms with Crippen molar-refractivity contribution in [3.05, 3.63) is 131 Å². The van der Waals surface area contributed by atoms with Crippen LogP contribution in [-0.2, 0) is 22.7 Å². The standard InChI is InChI=1S/C42H40N2O6/c1-47-39-35-23-3-5-25(33-29-9-7-27(31(23)33)41(29,45)49-19-21-11-15-43-16-12-21)37(35)40(48-2)38-26-6-4-24(36(38)39)32-28-8-10-30(34(26)32)42(28,46)50-20-22-13-17-44-18-14-22/h3-18,23-34,45-46H,19-20H2,1-2H3/t23-,24+,25+,26-,27+,28-,29-,30+,31-,32+,33+,34-,41?,42?. The van der Waals surface area contributed by atoms with Gasteiger partial charge in [-0.2, -0.15) is 0 Å². The lowest BCUT2D eigenvalue weighted by atomic mass is 9.52. The molecule has 1 aromatic carbocycles. The molecule has 14 atom stereocenters. The fraction of sp³-hybridized carbons (Fsp3) is 0.429. The SMILES string of the molecule is COc1c2c(c(OC)c3c1[C@@H]1C=C[C@H]3[C@@H]3[C@H]1[C@@H]1C=C[C@H]3C1(O)OCc1ccncc1)[C@@H]1C=C[C@H]2[C@@H]2[C@H]1[C@@H]1C=C[C@H]2C1(O)OCc1ccncc1. The predicted molar refractivity (Wildman–Crippen MR) is 183 cm³/mol. The van der Waals surface area contributed by atoms with E-state index in [-0.39, 0.29) is 71.0 Å². The molecular weight excluding hydrogens is 628 g/mol. The van der Waals surface area contributed by atoms with Crippen molar-refractivity contribution in [2.75, 3.05) is 14.2 Å². The number of hydrogen-bond donors (Lipinski definition) is 2. The van der Waals surface area contributed by atoms with E-state index >= 15 is 0 Å². The second kappa shape index (κ2) is 10.3. The molecule has 0 amide bonds. The summed E-state index contributed by atoms with van der Waals surface area (Å²) in [5.74, 6) is -0.337. The molecule has 2 saturated carbocycles. The Balaban J connectivity index is 0.998. The molecule has 2 N–H and O–H groups in total. The molecular formula is C42H40N2O6. The van der Waals surface area contributed by atoms with Gasteiger partial charge in [-0.3, -0.25) is 9.97 Å². The van der Waals surface area contributed by atoms with Gasteiger partial charge in [0.25, 0.3) is 0 Å². The van der Waals surface area contributed by atoms with E-state index in [4.69, 9.17) is 18.9 Å². The van der Waals surface area contributed by atoms with Crippen LogP contribution in [0.15, 0.2) is 97.7 Å². The Kier molecular flexibility index (Phi) is 6.08. The zero-order valence-electron chi connectivity index (χ0n) is 28.0. The molecule has 2 unspecified atom stereocenters. The molecule has 0 aliphatic heterocycles. The molecule has 13 rings (SSSR count). The van der Waals surface area contributed by atoms with Crippen molar-refractivity contribution < 1.29 is 29.2 Å². The molecule has 3 aromatic rings. The van der Waals surface area contributed by atoms with Crippen LogP contribution in [0.1, 0.15) is 57.1 Å². The van der Waals surface area contributed by atoms with Crippen LogP contribution < -0.4 is 9.47 Å². The minimum Gasteiger partial charge on any atom is -0.496 e. The summed E-state index contributed by atoms with van der Waals surface area (Å²) in [4.78, 5) is 8.28. The predicted octanol–water partition coefficient (Wildman–Crippen LogP) is 5.90. The number of allylic oxidation sites excluding steroid dienone is 4. The first-order valence-corrected chi connectivity index (χ1v) is 18.0. The summed E-state index contributed by atoms with van der Waals surface area (Å²) in [5, 5.41) is 24.8. The van der Waals surface area contributed by atoms with Crippen molar-refractivity contribution in [3.8, 4) is 11.5 Å². The van der Waals surface area contributed by atoms with E-state index in [1.54, 1.807) is 39.0 Å². The van der Waals surface area contributed by atoms with Gasteiger partial charge in [-0.1, -0.05) is 48.6 Å². The number of pyridine rings is 2. The van der Waals surface area contributed by atoms with Gasteiger partial charge in [0.2, 0.25) is 0 Å². The highest BCUT2D eigenvalue weighted by atomic mass is 16.6. The van der Waals surface area contributed by atoms with Gasteiger partial charge in [-0.25, -0.2) is 0 Å². The number of fused-ring (bicyclic) bond motifs is 4. The zero-order chi connectivity index (χ0) is 33.5. The number of rotatable bonds is 8. The molecule has 8 heteroatoms. The summed E-state index contributed by atoms with van der Waals surface area (Å²) >= 11 is 0. The lowest BCUT2D eigenvalue weighted by Gasteiger charge is -2.52. The van der Waals surface area contributed by atoms with Crippen LogP contribution in [0.2, 0.25) is 0 Å². The fourth-order valence-electron chi connectivity index (χ4n) is 12.3. The zero-order valence-corrected chi connectivity index (χ0v) is 28.0. The van der Waals surface area contributed by atoms with Crippen LogP contribution in [-0.4, -0.2) is 46.0 Å². The number of nitrogens with zero attached hydrogens (tertiary/aromatic N) is 2. The highest BCUT2D eigenvalue weighted by molar-refractivity contribution is 5.71. The Hall–Kier alpha value is -4.08. The summed E-state index contributed by atoms with van der Waals surface area (Å²) in [6, 6.07) is 7.76. The molecule has 2 fully saturated rings. The summed E-state index contributed by atoms with van der Waals surface area (Å²) in [6.07, 6.45) is 25.2. The fourth-order valence-corrected chi connectivity index (χ4v) is 12.3. The van der Waals surface area contributed by atoms with E-state index < -0.39 is 11.6 Å². The van der Waals surface area contributed by atoms with Crippen LogP contribution >= 0.6 is 0 Å². The summed E-state index contributed by atoms with van der Waals surface area (Å²) in [6.45, 7) is 0.660. The Morgan fingerprint density at radius 2 is 0.800 bits per heavy atom. The van der Waals surface area contributed by atoms with Gasteiger partial charge in [-0.05, 0) is 59.1 Å². The normalized spacial score (nSPS) is 42.2. The largest absolute Gasteiger partial charge is 0.496 e. The molecule has 10 aliphatic rings. The molecule has 254 valence electrons. The molecule has 8 bridgehead atoms. The van der Waals surface area contributed by atoms with Crippen LogP contribution in [0.4, 0.5) is 0 Å². The van der Waals surface area contributed by atoms with Crippen molar-refractivity contribution in [3.63, 3.8) is 0 Å². The van der Waals surface area contributed by atoms with Gasteiger partial charge in [0.05, 0.1) is 27.4 Å². The molecule has 0 spiro atoms. The summed E-state index contributed by atoms with van der Waals surface area (Å²) < 4.78 is 26.1. The first-order valence-electron chi connectivity index (χ1n) is 18.0. The number of methoxy groups -OCH3 is 2. The van der Waals surface area contributed by atoms with Gasteiger partial charge in [0, 0.05) is 94.4 Å². The Bertz CT molecular complexity index is 1790. The van der Waals surface area contributed by atoms with Gasteiger partial charge >= 0.3 is 0 Å². The highest BCUT2D eigenvalue weighted by Gasteiger charge is 2.71. The first-order chi connectivity index (χ1) is 24.5. The van der Waals surface area contributed by atoms with Gasteiger partial charge < -0.3 is 29.2 Å². The average molecular weight is 669 g/mol.